The molecule has 0 bridgehead atoms. The lowest BCUT2D eigenvalue weighted by atomic mass is 9.77. The normalized spacial score (nSPS) is 14.5. The summed E-state index contributed by atoms with van der Waals surface area (Å²) in [6.45, 7) is 4.24. The minimum atomic E-state index is -4.46. The van der Waals surface area contributed by atoms with Gasteiger partial charge < -0.3 is 15.0 Å². The first-order valence-corrected chi connectivity index (χ1v) is 14.5. The van der Waals surface area contributed by atoms with Gasteiger partial charge in [0.2, 0.25) is 5.82 Å². The number of hydrogen-bond donors (Lipinski definition) is 2. The molecule has 0 radical (unpaired) electrons. The highest BCUT2D eigenvalue weighted by Gasteiger charge is 2.32. The number of alkyl halides is 3. The average molecular weight is 601 g/mol. The molecule has 226 valence electrons. The smallest absolute Gasteiger partial charge is 0.416 e. The number of rotatable bonds is 9. The van der Waals surface area contributed by atoms with Crippen LogP contribution in [0.5, 0.6) is 0 Å². The van der Waals surface area contributed by atoms with Crippen molar-refractivity contribution in [1.29, 1.82) is 0 Å². The van der Waals surface area contributed by atoms with Gasteiger partial charge >= 0.3 is 12.1 Å². The van der Waals surface area contributed by atoms with Crippen molar-refractivity contribution in [2.75, 3.05) is 5.32 Å². The number of benzene rings is 2. The van der Waals surface area contributed by atoms with E-state index in [2.05, 4.69) is 34.1 Å². The van der Waals surface area contributed by atoms with Crippen LogP contribution < -0.4 is 5.32 Å². The van der Waals surface area contributed by atoms with E-state index in [4.69, 9.17) is 4.98 Å². The fourth-order valence-corrected chi connectivity index (χ4v) is 5.55. The highest BCUT2D eigenvalue weighted by Crippen LogP contribution is 2.41. The van der Waals surface area contributed by atoms with Crippen molar-refractivity contribution < 1.29 is 23.1 Å². The third kappa shape index (κ3) is 5.86. The van der Waals surface area contributed by atoms with Crippen molar-refractivity contribution in [3.05, 3.63) is 101 Å². The molecule has 5 aromatic rings. The summed E-state index contributed by atoms with van der Waals surface area (Å²) in [5, 5.41) is 13.5. The van der Waals surface area contributed by atoms with Crippen molar-refractivity contribution in [3.63, 3.8) is 0 Å². The Hall–Kier alpha value is -4.80. The van der Waals surface area contributed by atoms with Crippen LogP contribution in [0.15, 0.2) is 72.9 Å². The van der Waals surface area contributed by atoms with Gasteiger partial charge in [-0.15, -0.1) is 0 Å². The Balaban J connectivity index is 1.55. The Morgan fingerprint density at radius 2 is 1.73 bits per heavy atom. The highest BCUT2D eigenvalue weighted by molar-refractivity contribution is 5.92. The van der Waals surface area contributed by atoms with Crippen LogP contribution in [0.3, 0.4) is 0 Å². The van der Waals surface area contributed by atoms with E-state index in [1.807, 2.05) is 42.5 Å². The predicted octanol–water partition coefficient (Wildman–Crippen LogP) is 7.73. The molecule has 3 heterocycles. The van der Waals surface area contributed by atoms with E-state index in [1.165, 1.54) is 12.1 Å². The van der Waals surface area contributed by atoms with Crippen molar-refractivity contribution in [3.8, 4) is 11.5 Å². The lowest BCUT2D eigenvalue weighted by molar-refractivity contribution is -0.137. The van der Waals surface area contributed by atoms with Crippen LogP contribution in [0, 0.1) is 5.92 Å². The molecule has 3 aromatic heterocycles. The number of imidazole rings is 1. The summed E-state index contributed by atoms with van der Waals surface area (Å²) < 4.78 is 41.7. The molecule has 1 atom stereocenters. The first kappa shape index (κ1) is 29.3. The monoisotopic (exact) mass is 600 g/mol. The number of aromatic carboxylic acids is 1. The number of nitrogens with zero attached hydrogens (tertiary/aromatic N) is 5. The zero-order valence-electron chi connectivity index (χ0n) is 24.2. The van der Waals surface area contributed by atoms with Crippen LogP contribution >= 0.6 is 0 Å². The Kier molecular flexibility index (Phi) is 7.79. The maximum Gasteiger partial charge on any atom is 0.416 e. The van der Waals surface area contributed by atoms with Crippen molar-refractivity contribution >= 4 is 23.0 Å². The zero-order chi connectivity index (χ0) is 31.0. The molecule has 1 saturated carbocycles. The molecule has 6 rings (SSSR count). The highest BCUT2D eigenvalue weighted by atomic mass is 19.4. The van der Waals surface area contributed by atoms with E-state index >= 15 is 0 Å². The Labute approximate surface area is 252 Å². The Morgan fingerprint density at radius 1 is 1.00 bits per heavy atom. The summed E-state index contributed by atoms with van der Waals surface area (Å²) in [5.74, 6) is -0.496. The van der Waals surface area contributed by atoms with Gasteiger partial charge in [-0.1, -0.05) is 62.7 Å². The molecule has 0 unspecified atom stereocenters. The number of anilines is 1. The predicted molar refractivity (Wildman–Crippen MR) is 160 cm³/mol. The molecule has 2 N–H and O–H groups in total. The van der Waals surface area contributed by atoms with E-state index in [0.717, 1.165) is 42.5 Å². The largest absolute Gasteiger partial charge is 0.475 e. The lowest BCUT2D eigenvalue weighted by Gasteiger charge is -2.35. The van der Waals surface area contributed by atoms with E-state index < -0.39 is 23.5 Å². The van der Waals surface area contributed by atoms with Crippen LogP contribution in [0.4, 0.5) is 19.0 Å². The molecule has 0 spiro atoms. The molecule has 1 aliphatic carbocycles. The van der Waals surface area contributed by atoms with Crippen LogP contribution in [-0.4, -0.2) is 35.6 Å². The summed E-state index contributed by atoms with van der Waals surface area (Å²) in [5.41, 5.74) is 3.04. The van der Waals surface area contributed by atoms with Gasteiger partial charge in [-0.3, -0.25) is 4.98 Å². The minimum absolute atomic E-state index is 0.126. The van der Waals surface area contributed by atoms with Gasteiger partial charge in [0.05, 0.1) is 11.6 Å². The summed E-state index contributed by atoms with van der Waals surface area (Å²) in [6, 6.07) is 18.5. The number of pyridine rings is 1. The standard InChI is InChI=1S/C33H31F3N6O2/c1-19(2)23-15-16-37-25(17-23)31-41-29-27(42(31)18-20-11-13-24(14-12-20)33(34,35)36)28(39-30(40-29)32(43)44)38-26(22-9-6-10-22)21-7-4-3-5-8-21/h3-5,7-8,11-17,19,22,26H,6,9-10,18H2,1-2H3,(H,43,44)(H,38,39,40)/t26-/m0/s1. The molecule has 11 heteroatoms. The third-order valence-electron chi connectivity index (χ3n) is 8.17. The van der Waals surface area contributed by atoms with Crippen LogP contribution in [-0.2, 0) is 12.7 Å². The molecular weight excluding hydrogens is 569 g/mol. The van der Waals surface area contributed by atoms with Gasteiger partial charge in [0.1, 0.15) is 11.2 Å². The fourth-order valence-electron chi connectivity index (χ4n) is 5.55. The molecule has 1 fully saturated rings. The average Bonchev–Trinajstić information content (AvgIpc) is 3.34. The second-order valence-corrected chi connectivity index (χ2v) is 11.4. The number of fused-ring (bicyclic) bond motifs is 1. The maximum absolute atomic E-state index is 13.3. The number of nitrogens with one attached hydrogen (secondary N) is 1. The number of halogens is 3. The third-order valence-corrected chi connectivity index (χ3v) is 8.17. The summed E-state index contributed by atoms with van der Waals surface area (Å²) in [6.07, 6.45) is 0.340. The summed E-state index contributed by atoms with van der Waals surface area (Å²) >= 11 is 0. The quantitative estimate of drug-likeness (QED) is 0.178. The summed E-state index contributed by atoms with van der Waals surface area (Å²) in [4.78, 5) is 30.2. The van der Waals surface area contributed by atoms with Gasteiger partial charge in [0.25, 0.3) is 0 Å². The molecule has 0 amide bonds. The Bertz CT molecular complexity index is 1800. The van der Waals surface area contributed by atoms with E-state index in [9.17, 15) is 23.1 Å². The second kappa shape index (κ2) is 11.7. The lowest BCUT2D eigenvalue weighted by Crippen LogP contribution is -2.27. The number of hydrogen-bond acceptors (Lipinski definition) is 6. The van der Waals surface area contributed by atoms with Gasteiger partial charge in [0.15, 0.2) is 17.3 Å². The molecule has 0 aliphatic heterocycles. The van der Waals surface area contributed by atoms with E-state index in [1.54, 1.807) is 10.8 Å². The number of aromatic nitrogens is 5. The fraction of sp³-hybridized carbons (Fsp3) is 0.303. The molecule has 1 aliphatic rings. The van der Waals surface area contributed by atoms with Crippen molar-refractivity contribution in [1.82, 2.24) is 24.5 Å². The maximum atomic E-state index is 13.3. The van der Waals surface area contributed by atoms with Crippen LogP contribution in [0.1, 0.15) is 77.9 Å². The second-order valence-electron chi connectivity index (χ2n) is 11.4. The van der Waals surface area contributed by atoms with Gasteiger partial charge in [-0.25, -0.2) is 19.7 Å². The Morgan fingerprint density at radius 3 is 2.34 bits per heavy atom. The first-order valence-electron chi connectivity index (χ1n) is 14.5. The topological polar surface area (TPSA) is 106 Å². The SMILES string of the molecule is CC(C)c1ccnc(-c2nc3nc(C(=O)O)nc(N[C@@H](c4ccccc4)C4CCC4)c3n2Cc2ccc(C(F)(F)F)cc2)c1. The van der Waals surface area contributed by atoms with Crippen molar-refractivity contribution in [2.45, 2.75) is 57.8 Å². The number of carbonyl (C=O) groups is 1. The zero-order valence-corrected chi connectivity index (χ0v) is 24.2. The minimum Gasteiger partial charge on any atom is -0.475 e. The van der Waals surface area contributed by atoms with Crippen LogP contribution in [0.2, 0.25) is 0 Å². The van der Waals surface area contributed by atoms with E-state index in [0.29, 0.717) is 34.3 Å². The molecule has 0 saturated heterocycles. The van der Waals surface area contributed by atoms with Gasteiger partial charge in [0, 0.05) is 12.7 Å². The molecule has 44 heavy (non-hydrogen) atoms. The molecule has 8 nitrogen and oxygen atoms in total. The van der Waals surface area contributed by atoms with Gasteiger partial charge in [-0.05, 0) is 65.6 Å². The summed E-state index contributed by atoms with van der Waals surface area (Å²) in [7, 11) is 0. The van der Waals surface area contributed by atoms with Crippen molar-refractivity contribution in [2.24, 2.45) is 5.92 Å². The first-order chi connectivity index (χ1) is 21.1. The van der Waals surface area contributed by atoms with Crippen LogP contribution in [0.25, 0.3) is 22.7 Å². The number of carboxylic acids is 1. The van der Waals surface area contributed by atoms with E-state index in [-0.39, 0.29) is 24.2 Å². The van der Waals surface area contributed by atoms with Gasteiger partial charge in [-0.2, -0.15) is 13.2 Å². The molecule has 2 aromatic carbocycles. The number of carboxylic acid groups (broad SMARTS) is 1. The molecular formula is C33H31F3N6O2.